The minimum absolute atomic E-state index is 0.120. The fraction of sp³-hybridized carbons (Fsp3) is 0.154. The highest BCUT2D eigenvalue weighted by Crippen LogP contribution is 2.24. The number of nitrogens with two attached hydrogens (primary N) is 1. The number of hydrogen-bond acceptors (Lipinski definition) is 5. The summed E-state index contributed by atoms with van der Waals surface area (Å²) in [6.07, 6.45) is 1.67. The van der Waals surface area contributed by atoms with E-state index in [4.69, 9.17) is 5.84 Å². The Labute approximate surface area is 114 Å². The maximum Gasteiger partial charge on any atom is 0.293 e. The number of anilines is 1. The number of rotatable bonds is 4. The second-order valence-corrected chi connectivity index (χ2v) is 4.42. The van der Waals surface area contributed by atoms with Crippen molar-refractivity contribution in [2.24, 2.45) is 5.84 Å². The zero-order valence-corrected chi connectivity index (χ0v) is 10.9. The van der Waals surface area contributed by atoms with Gasteiger partial charge in [-0.3, -0.25) is 20.8 Å². The van der Waals surface area contributed by atoms with Crippen LogP contribution >= 0.6 is 0 Å². The van der Waals surface area contributed by atoms with E-state index in [1.807, 2.05) is 13.0 Å². The third-order valence-electron chi connectivity index (χ3n) is 2.92. The predicted octanol–water partition coefficient (Wildman–Crippen LogP) is 1.40. The molecule has 0 saturated heterocycles. The molecule has 2 aromatic rings. The highest BCUT2D eigenvalue weighted by Gasteiger charge is 2.13. The van der Waals surface area contributed by atoms with Crippen LogP contribution in [0.3, 0.4) is 0 Å². The standard InChI is InChI=1S/C13H14N4O3/c1-9-4-5-16(13(18)6-9)8-10-2-3-11(15-14)12(7-10)17(19)20/h2-7,15H,8,14H2,1H3. The lowest BCUT2D eigenvalue weighted by Crippen LogP contribution is -2.19. The van der Waals surface area contributed by atoms with E-state index in [0.717, 1.165) is 5.56 Å². The summed E-state index contributed by atoms with van der Waals surface area (Å²) in [4.78, 5) is 22.2. The topological polar surface area (TPSA) is 103 Å². The van der Waals surface area contributed by atoms with E-state index in [9.17, 15) is 14.9 Å². The van der Waals surface area contributed by atoms with Gasteiger partial charge in [0.15, 0.2) is 0 Å². The zero-order chi connectivity index (χ0) is 14.7. The molecule has 0 atom stereocenters. The molecule has 1 heterocycles. The van der Waals surface area contributed by atoms with Gasteiger partial charge in [-0.2, -0.15) is 0 Å². The Morgan fingerprint density at radius 3 is 2.70 bits per heavy atom. The van der Waals surface area contributed by atoms with Crippen LogP contribution in [0.15, 0.2) is 41.3 Å². The maximum absolute atomic E-state index is 11.8. The molecule has 0 bridgehead atoms. The SMILES string of the molecule is Cc1ccn(Cc2ccc(NN)c([N+](=O)[O-])c2)c(=O)c1. The van der Waals surface area contributed by atoms with Gasteiger partial charge in [0.2, 0.25) is 0 Å². The van der Waals surface area contributed by atoms with Crippen LogP contribution in [-0.4, -0.2) is 9.49 Å². The average molecular weight is 274 g/mol. The van der Waals surface area contributed by atoms with Crippen LogP contribution in [0.5, 0.6) is 0 Å². The van der Waals surface area contributed by atoms with E-state index in [1.54, 1.807) is 12.3 Å². The normalized spacial score (nSPS) is 10.3. The smallest absolute Gasteiger partial charge is 0.293 e. The van der Waals surface area contributed by atoms with Crippen LogP contribution < -0.4 is 16.8 Å². The lowest BCUT2D eigenvalue weighted by molar-refractivity contribution is -0.384. The summed E-state index contributed by atoms with van der Waals surface area (Å²) in [5.74, 6) is 5.22. The molecule has 7 nitrogen and oxygen atoms in total. The summed E-state index contributed by atoms with van der Waals surface area (Å²) in [5.41, 5.74) is 3.77. The molecule has 3 N–H and O–H groups in total. The Kier molecular flexibility index (Phi) is 3.81. The second kappa shape index (κ2) is 5.54. The number of hydrazine groups is 1. The van der Waals surface area contributed by atoms with Crippen LogP contribution in [0, 0.1) is 17.0 Å². The van der Waals surface area contributed by atoms with Gasteiger partial charge in [-0.15, -0.1) is 0 Å². The van der Waals surface area contributed by atoms with Gasteiger partial charge in [-0.05, 0) is 30.2 Å². The summed E-state index contributed by atoms with van der Waals surface area (Å²) in [5, 5.41) is 10.9. The van der Waals surface area contributed by atoms with Crippen molar-refractivity contribution in [1.82, 2.24) is 4.57 Å². The number of nitro benzene ring substituents is 1. The van der Waals surface area contributed by atoms with Crippen molar-refractivity contribution < 1.29 is 4.92 Å². The van der Waals surface area contributed by atoms with E-state index >= 15 is 0 Å². The first kappa shape index (κ1) is 13.8. The molecule has 104 valence electrons. The van der Waals surface area contributed by atoms with Crippen molar-refractivity contribution in [3.63, 3.8) is 0 Å². The first-order valence-electron chi connectivity index (χ1n) is 5.92. The summed E-state index contributed by atoms with van der Waals surface area (Å²) < 4.78 is 1.49. The highest BCUT2D eigenvalue weighted by atomic mass is 16.6. The average Bonchev–Trinajstić information content (AvgIpc) is 2.41. The summed E-state index contributed by atoms with van der Waals surface area (Å²) in [7, 11) is 0. The molecule has 0 spiro atoms. The molecule has 0 aliphatic rings. The van der Waals surface area contributed by atoms with Crippen LogP contribution in [-0.2, 0) is 6.54 Å². The van der Waals surface area contributed by atoms with Crippen molar-refractivity contribution in [1.29, 1.82) is 0 Å². The molecule has 1 aromatic carbocycles. The van der Waals surface area contributed by atoms with E-state index in [0.29, 0.717) is 5.56 Å². The molecule has 0 fully saturated rings. The van der Waals surface area contributed by atoms with E-state index in [1.165, 1.54) is 22.8 Å². The van der Waals surface area contributed by atoms with Gasteiger partial charge in [0.1, 0.15) is 5.69 Å². The molecule has 2 rings (SSSR count). The molecular weight excluding hydrogens is 260 g/mol. The largest absolute Gasteiger partial charge is 0.318 e. The van der Waals surface area contributed by atoms with Gasteiger partial charge >= 0.3 is 0 Å². The molecule has 20 heavy (non-hydrogen) atoms. The number of nitro groups is 1. The van der Waals surface area contributed by atoms with Crippen LogP contribution in [0.2, 0.25) is 0 Å². The van der Waals surface area contributed by atoms with Gasteiger partial charge in [-0.1, -0.05) is 6.07 Å². The number of hydrogen-bond donors (Lipinski definition) is 2. The predicted molar refractivity (Wildman–Crippen MR) is 75.4 cm³/mol. The van der Waals surface area contributed by atoms with Gasteiger partial charge in [0, 0.05) is 18.3 Å². The lowest BCUT2D eigenvalue weighted by Gasteiger charge is -2.08. The van der Waals surface area contributed by atoms with Crippen molar-refractivity contribution in [2.75, 3.05) is 5.43 Å². The van der Waals surface area contributed by atoms with Crippen LogP contribution in [0.25, 0.3) is 0 Å². The van der Waals surface area contributed by atoms with Crippen LogP contribution in [0.4, 0.5) is 11.4 Å². The van der Waals surface area contributed by atoms with Crippen molar-refractivity contribution >= 4 is 11.4 Å². The Morgan fingerprint density at radius 2 is 2.10 bits per heavy atom. The molecule has 0 aliphatic carbocycles. The third kappa shape index (κ3) is 2.83. The van der Waals surface area contributed by atoms with E-state index in [2.05, 4.69) is 5.43 Å². The van der Waals surface area contributed by atoms with Crippen molar-refractivity contribution in [3.8, 4) is 0 Å². The van der Waals surface area contributed by atoms with Gasteiger partial charge < -0.3 is 9.99 Å². The molecule has 0 radical (unpaired) electrons. The Balaban J connectivity index is 2.37. The van der Waals surface area contributed by atoms with Crippen LogP contribution in [0.1, 0.15) is 11.1 Å². The third-order valence-corrected chi connectivity index (χ3v) is 2.92. The highest BCUT2D eigenvalue weighted by molar-refractivity contribution is 5.61. The molecule has 0 aliphatic heterocycles. The molecule has 1 aromatic heterocycles. The molecule has 7 heteroatoms. The zero-order valence-electron chi connectivity index (χ0n) is 10.9. The molecule has 0 unspecified atom stereocenters. The number of aryl methyl sites for hydroxylation is 1. The van der Waals surface area contributed by atoms with Gasteiger partial charge in [0.25, 0.3) is 11.2 Å². The number of benzene rings is 1. The van der Waals surface area contributed by atoms with E-state index in [-0.39, 0.29) is 23.5 Å². The first-order valence-corrected chi connectivity index (χ1v) is 5.92. The second-order valence-electron chi connectivity index (χ2n) is 4.42. The Morgan fingerprint density at radius 1 is 1.35 bits per heavy atom. The maximum atomic E-state index is 11.8. The number of nitrogen functional groups attached to an aromatic ring is 1. The van der Waals surface area contributed by atoms with Gasteiger partial charge in [-0.25, -0.2) is 0 Å². The molecule has 0 amide bonds. The van der Waals surface area contributed by atoms with Crippen molar-refractivity contribution in [2.45, 2.75) is 13.5 Å². The van der Waals surface area contributed by atoms with Crippen molar-refractivity contribution in [3.05, 3.63) is 68.1 Å². The molecular formula is C13H14N4O3. The fourth-order valence-corrected chi connectivity index (χ4v) is 1.88. The Hall–Kier alpha value is -2.67. The fourth-order valence-electron chi connectivity index (χ4n) is 1.88. The number of pyridine rings is 1. The molecule has 0 saturated carbocycles. The summed E-state index contributed by atoms with van der Waals surface area (Å²) in [6.45, 7) is 2.10. The quantitative estimate of drug-likeness (QED) is 0.498. The number of nitrogens with zero attached hydrogens (tertiary/aromatic N) is 2. The number of nitrogens with one attached hydrogen (secondary N) is 1. The summed E-state index contributed by atoms with van der Waals surface area (Å²) >= 11 is 0. The number of aromatic nitrogens is 1. The minimum atomic E-state index is -0.517. The summed E-state index contributed by atoms with van der Waals surface area (Å²) in [6, 6.07) is 7.94. The first-order chi connectivity index (χ1) is 9.51. The lowest BCUT2D eigenvalue weighted by atomic mass is 10.1. The van der Waals surface area contributed by atoms with E-state index < -0.39 is 4.92 Å². The monoisotopic (exact) mass is 274 g/mol. The minimum Gasteiger partial charge on any atom is -0.318 e. The van der Waals surface area contributed by atoms with Gasteiger partial charge in [0.05, 0.1) is 11.5 Å². The Bertz CT molecular complexity index is 709.